The molecule has 2 rings (SSSR count). The van der Waals surface area contributed by atoms with Crippen LogP contribution in [0.5, 0.6) is 0 Å². The maximum absolute atomic E-state index is 5.81. The van der Waals surface area contributed by atoms with Gasteiger partial charge in [0.05, 0.1) is 12.8 Å². The highest BCUT2D eigenvalue weighted by Crippen LogP contribution is 2.10. The molecule has 0 saturated carbocycles. The highest BCUT2D eigenvalue weighted by Gasteiger charge is 1.92. The van der Waals surface area contributed by atoms with Crippen molar-refractivity contribution in [3.05, 3.63) is 65.1 Å². The van der Waals surface area contributed by atoms with Gasteiger partial charge in [-0.25, -0.2) is 0 Å². The van der Waals surface area contributed by atoms with E-state index in [1.165, 1.54) is 0 Å². The Morgan fingerprint density at radius 1 is 1.17 bits per heavy atom. The van der Waals surface area contributed by atoms with Gasteiger partial charge in [-0.1, -0.05) is 35.9 Å². The van der Waals surface area contributed by atoms with Crippen LogP contribution in [-0.2, 0) is 6.54 Å². The third-order valence-electron chi connectivity index (χ3n) is 2.32. The molecule has 0 fully saturated rings. The lowest BCUT2D eigenvalue weighted by Gasteiger charge is -1.97. The van der Waals surface area contributed by atoms with Crippen molar-refractivity contribution in [2.24, 2.45) is 0 Å². The lowest BCUT2D eigenvalue weighted by atomic mass is 10.2. The monoisotopic (exact) mass is 283 g/mol. The van der Waals surface area contributed by atoms with Gasteiger partial charge in [-0.05, 0) is 29.8 Å². The second-order valence-corrected chi connectivity index (χ2v) is 4.10. The van der Waals surface area contributed by atoms with Crippen LogP contribution in [0.2, 0.25) is 5.02 Å². The van der Waals surface area contributed by atoms with E-state index in [0.29, 0.717) is 0 Å². The molecular weight excluding hydrogens is 269 g/mol. The first-order chi connectivity index (χ1) is 8.34. The lowest BCUT2D eigenvalue weighted by molar-refractivity contribution is 0.490. The molecule has 96 valence electrons. The number of hydrogen-bond donors (Lipinski definition) is 1. The van der Waals surface area contributed by atoms with E-state index in [4.69, 9.17) is 16.0 Å². The second-order valence-electron chi connectivity index (χ2n) is 3.66. The summed E-state index contributed by atoms with van der Waals surface area (Å²) >= 11 is 5.81. The van der Waals surface area contributed by atoms with Crippen LogP contribution >= 0.6 is 24.0 Å². The Morgan fingerprint density at radius 3 is 2.61 bits per heavy atom. The SMILES string of the molecule is Cl.Clc1ccc(/C=C/CNCc2ccco2)cc1. The zero-order valence-corrected chi connectivity index (χ0v) is 11.4. The second kappa shape index (κ2) is 7.98. The number of hydrogen-bond acceptors (Lipinski definition) is 2. The van der Waals surface area contributed by atoms with Crippen LogP contribution in [0.4, 0.5) is 0 Å². The van der Waals surface area contributed by atoms with E-state index in [0.717, 1.165) is 29.4 Å². The van der Waals surface area contributed by atoms with Crippen LogP contribution in [0.3, 0.4) is 0 Å². The number of benzene rings is 1. The summed E-state index contributed by atoms with van der Waals surface area (Å²) in [5.74, 6) is 0.949. The van der Waals surface area contributed by atoms with Crippen molar-refractivity contribution >= 4 is 30.1 Å². The summed E-state index contributed by atoms with van der Waals surface area (Å²) < 4.78 is 5.21. The summed E-state index contributed by atoms with van der Waals surface area (Å²) in [5, 5.41) is 4.02. The van der Waals surface area contributed by atoms with Gasteiger partial charge >= 0.3 is 0 Å². The first-order valence-corrected chi connectivity index (χ1v) is 5.87. The minimum Gasteiger partial charge on any atom is -0.468 e. The summed E-state index contributed by atoms with van der Waals surface area (Å²) in [7, 11) is 0. The molecule has 1 aromatic heterocycles. The van der Waals surface area contributed by atoms with E-state index in [1.54, 1.807) is 6.26 Å². The Balaban J connectivity index is 0.00000162. The first kappa shape index (κ1) is 14.8. The Bertz CT molecular complexity index is 463. The van der Waals surface area contributed by atoms with Gasteiger partial charge in [0.15, 0.2) is 0 Å². The molecule has 0 spiro atoms. The summed E-state index contributed by atoms with van der Waals surface area (Å²) in [6, 6.07) is 11.6. The van der Waals surface area contributed by atoms with Crippen molar-refractivity contribution < 1.29 is 4.42 Å². The van der Waals surface area contributed by atoms with E-state index >= 15 is 0 Å². The van der Waals surface area contributed by atoms with E-state index in [2.05, 4.69) is 17.5 Å². The van der Waals surface area contributed by atoms with Gasteiger partial charge in [-0.2, -0.15) is 0 Å². The van der Waals surface area contributed by atoms with Crippen LogP contribution < -0.4 is 5.32 Å². The average Bonchev–Trinajstić information content (AvgIpc) is 2.84. The molecule has 0 aliphatic carbocycles. The van der Waals surface area contributed by atoms with E-state index in [1.807, 2.05) is 36.4 Å². The minimum absolute atomic E-state index is 0. The van der Waals surface area contributed by atoms with Crippen LogP contribution in [0.15, 0.2) is 53.2 Å². The smallest absolute Gasteiger partial charge is 0.117 e. The average molecular weight is 284 g/mol. The third kappa shape index (κ3) is 4.96. The Kier molecular flexibility index (Phi) is 6.58. The summed E-state index contributed by atoms with van der Waals surface area (Å²) in [4.78, 5) is 0. The molecule has 2 nitrogen and oxygen atoms in total. The summed E-state index contributed by atoms with van der Waals surface area (Å²) in [6.07, 6.45) is 5.82. The van der Waals surface area contributed by atoms with Gasteiger partial charge < -0.3 is 9.73 Å². The molecule has 0 amide bonds. The number of rotatable bonds is 5. The molecule has 1 N–H and O–H groups in total. The standard InChI is InChI=1S/C14H14ClNO.ClH/c15-13-7-5-12(6-8-13)3-1-9-16-11-14-4-2-10-17-14;/h1-8,10,16H,9,11H2;1H/b3-1+;. The fourth-order valence-electron chi connectivity index (χ4n) is 1.46. The van der Waals surface area contributed by atoms with Crippen LogP contribution in [-0.4, -0.2) is 6.54 Å². The van der Waals surface area contributed by atoms with Crippen molar-refractivity contribution in [3.8, 4) is 0 Å². The lowest BCUT2D eigenvalue weighted by Crippen LogP contribution is -2.11. The molecule has 0 radical (unpaired) electrons. The van der Waals surface area contributed by atoms with E-state index < -0.39 is 0 Å². The minimum atomic E-state index is 0. The topological polar surface area (TPSA) is 25.2 Å². The summed E-state index contributed by atoms with van der Waals surface area (Å²) in [6.45, 7) is 1.56. The maximum atomic E-state index is 5.81. The normalized spacial score (nSPS) is 10.5. The molecule has 0 aliphatic rings. The zero-order chi connectivity index (χ0) is 11.9. The molecule has 4 heteroatoms. The first-order valence-electron chi connectivity index (χ1n) is 5.50. The Morgan fingerprint density at radius 2 is 1.94 bits per heavy atom. The fraction of sp³-hybridized carbons (Fsp3) is 0.143. The Labute approximate surface area is 118 Å². The molecule has 2 aromatic rings. The number of nitrogens with one attached hydrogen (secondary N) is 1. The van der Waals surface area contributed by atoms with Gasteiger partial charge in [0.25, 0.3) is 0 Å². The summed E-state index contributed by atoms with van der Waals surface area (Å²) in [5.41, 5.74) is 1.15. The van der Waals surface area contributed by atoms with E-state index in [-0.39, 0.29) is 12.4 Å². The molecule has 0 aliphatic heterocycles. The van der Waals surface area contributed by atoms with Crippen molar-refractivity contribution in [2.75, 3.05) is 6.54 Å². The molecule has 1 heterocycles. The molecule has 0 saturated heterocycles. The zero-order valence-electron chi connectivity index (χ0n) is 9.80. The van der Waals surface area contributed by atoms with Gasteiger partial charge in [0.2, 0.25) is 0 Å². The highest BCUT2D eigenvalue weighted by molar-refractivity contribution is 6.30. The van der Waals surface area contributed by atoms with Gasteiger partial charge in [0.1, 0.15) is 5.76 Å². The third-order valence-corrected chi connectivity index (χ3v) is 2.57. The van der Waals surface area contributed by atoms with Crippen LogP contribution in [0, 0.1) is 0 Å². The van der Waals surface area contributed by atoms with Gasteiger partial charge in [0, 0.05) is 11.6 Å². The van der Waals surface area contributed by atoms with E-state index in [9.17, 15) is 0 Å². The molecule has 0 atom stereocenters. The largest absolute Gasteiger partial charge is 0.468 e. The Hall–Kier alpha value is -1.22. The van der Waals surface area contributed by atoms with Crippen molar-refractivity contribution in [1.82, 2.24) is 5.32 Å². The fourth-order valence-corrected chi connectivity index (χ4v) is 1.59. The van der Waals surface area contributed by atoms with Crippen LogP contribution in [0.25, 0.3) is 6.08 Å². The number of halogens is 2. The van der Waals surface area contributed by atoms with Gasteiger partial charge in [-0.3, -0.25) is 0 Å². The maximum Gasteiger partial charge on any atom is 0.117 e. The molecule has 18 heavy (non-hydrogen) atoms. The molecule has 0 unspecified atom stereocenters. The van der Waals surface area contributed by atoms with Crippen LogP contribution in [0.1, 0.15) is 11.3 Å². The van der Waals surface area contributed by atoms with Crippen molar-refractivity contribution in [2.45, 2.75) is 6.54 Å². The molecular formula is C14H15Cl2NO. The van der Waals surface area contributed by atoms with Crippen molar-refractivity contribution in [3.63, 3.8) is 0 Å². The molecule has 1 aromatic carbocycles. The predicted molar refractivity (Wildman–Crippen MR) is 78.1 cm³/mol. The van der Waals surface area contributed by atoms with Gasteiger partial charge in [-0.15, -0.1) is 12.4 Å². The van der Waals surface area contributed by atoms with Crippen molar-refractivity contribution in [1.29, 1.82) is 0 Å². The highest BCUT2D eigenvalue weighted by atomic mass is 35.5. The molecule has 0 bridgehead atoms. The predicted octanol–water partition coefficient (Wildman–Crippen LogP) is 4.16. The number of furan rings is 1. The quantitative estimate of drug-likeness (QED) is 0.834.